The van der Waals surface area contributed by atoms with Crippen LogP contribution in [0.3, 0.4) is 0 Å². The number of nitrogens with zero attached hydrogens (tertiary/aromatic N) is 2. The Bertz CT molecular complexity index is 809. The first-order chi connectivity index (χ1) is 12.3. The summed E-state index contributed by atoms with van der Waals surface area (Å²) in [5.41, 5.74) is 1.33. The van der Waals surface area contributed by atoms with E-state index in [1.807, 2.05) is 0 Å². The minimum absolute atomic E-state index is 0.0103. The molecule has 1 saturated heterocycles. The van der Waals surface area contributed by atoms with E-state index in [0.717, 1.165) is 5.56 Å². The summed E-state index contributed by atoms with van der Waals surface area (Å²) in [7, 11) is 0. The molecule has 0 bridgehead atoms. The molecule has 0 N–H and O–H groups in total. The van der Waals surface area contributed by atoms with Crippen LogP contribution in [-0.2, 0) is 4.74 Å². The lowest BCUT2D eigenvalue weighted by atomic mass is 10.1. The third-order valence-electron chi connectivity index (χ3n) is 3.95. The molecule has 1 aliphatic heterocycles. The average Bonchev–Trinajstić information content (AvgIpc) is 3.40. The predicted molar refractivity (Wildman–Crippen MR) is 98.5 cm³/mol. The van der Waals surface area contributed by atoms with E-state index >= 15 is 0 Å². The molecule has 0 saturated carbocycles. The summed E-state index contributed by atoms with van der Waals surface area (Å²) < 4.78 is 3.60. The van der Waals surface area contributed by atoms with Gasteiger partial charge in [0, 0.05) is 18.7 Å². The highest BCUT2D eigenvalue weighted by Gasteiger charge is 2.45. The summed E-state index contributed by atoms with van der Waals surface area (Å²) in [6, 6.07) is 14.5. The summed E-state index contributed by atoms with van der Waals surface area (Å²) in [4.78, 5) is 24.1. The van der Waals surface area contributed by atoms with Crippen LogP contribution in [-0.4, -0.2) is 26.3 Å². The number of carbonyl (C=O) groups excluding carboxylic acids is 1. The number of non-ortho nitro benzene ring substituents is 1. The van der Waals surface area contributed by atoms with Crippen LogP contribution in [0.15, 0.2) is 54.6 Å². The van der Waals surface area contributed by atoms with Crippen LogP contribution in [0.4, 0.5) is 10.5 Å². The van der Waals surface area contributed by atoms with Crippen molar-refractivity contribution in [3.05, 3.63) is 75.8 Å². The summed E-state index contributed by atoms with van der Waals surface area (Å²) in [6.07, 6.45) is -1.67. The lowest BCUT2D eigenvalue weighted by Crippen LogP contribution is -2.26. The fourth-order valence-electron chi connectivity index (χ4n) is 2.56. The number of benzene rings is 2. The summed E-state index contributed by atoms with van der Waals surface area (Å²) in [5, 5.41) is 10.7. The summed E-state index contributed by atoms with van der Waals surface area (Å²) in [5.74, 6) is 0. The van der Waals surface area contributed by atoms with Crippen molar-refractivity contribution in [3.8, 4) is 0 Å². The van der Waals surface area contributed by atoms with Crippen LogP contribution in [0, 0.1) is 10.1 Å². The Morgan fingerprint density at radius 3 is 2.31 bits per heavy atom. The molecule has 0 spiro atoms. The molecule has 2 aromatic rings. The first kappa shape index (κ1) is 18.8. The van der Waals surface area contributed by atoms with Crippen LogP contribution in [0.1, 0.15) is 23.3 Å². The van der Waals surface area contributed by atoms with Gasteiger partial charge in [-0.05, 0) is 11.1 Å². The van der Waals surface area contributed by atoms with E-state index in [-0.39, 0.29) is 11.7 Å². The van der Waals surface area contributed by atoms with Gasteiger partial charge in [-0.15, -0.1) is 0 Å². The van der Waals surface area contributed by atoms with Crippen molar-refractivity contribution < 1.29 is 14.5 Å². The Labute approximate surface area is 164 Å². The van der Waals surface area contributed by atoms with Crippen LogP contribution in [0.5, 0.6) is 0 Å². The standard InChI is InChI=1S/C17H13Cl3N2O4/c18-17(19,20)15(12-4-2-1-3-5-12)26-16(23)21-10-14(21)11-6-8-13(9-7-11)22(24)25/h1-9,14-15H,10H2/t14?,15-,21?/m1/s1. The molecule has 1 aliphatic rings. The van der Waals surface area contributed by atoms with Crippen molar-refractivity contribution in [2.45, 2.75) is 15.9 Å². The third-order valence-corrected chi connectivity index (χ3v) is 4.55. The Balaban J connectivity index is 1.69. The Hall–Kier alpha value is -2.02. The number of carbonyl (C=O) groups is 1. The highest BCUT2D eigenvalue weighted by Crippen LogP contribution is 2.44. The molecule has 1 amide bonds. The monoisotopic (exact) mass is 414 g/mol. The van der Waals surface area contributed by atoms with Crippen molar-refractivity contribution in [2.24, 2.45) is 0 Å². The van der Waals surface area contributed by atoms with Gasteiger partial charge >= 0.3 is 6.09 Å². The van der Waals surface area contributed by atoms with Crippen molar-refractivity contribution >= 4 is 46.6 Å². The zero-order chi connectivity index (χ0) is 18.9. The number of alkyl halides is 3. The van der Waals surface area contributed by atoms with Crippen molar-refractivity contribution in [1.29, 1.82) is 0 Å². The van der Waals surface area contributed by atoms with Gasteiger partial charge in [-0.1, -0.05) is 77.3 Å². The van der Waals surface area contributed by atoms with Gasteiger partial charge in [0.2, 0.25) is 3.79 Å². The van der Waals surface area contributed by atoms with Gasteiger partial charge in [-0.25, -0.2) is 4.79 Å². The molecule has 136 valence electrons. The zero-order valence-electron chi connectivity index (χ0n) is 13.2. The molecule has 2 aromatic carbocycles. The first-order valence-corrected chi connectivity index (χ1v) is 8.74. The quantitative estimate of drug-likeness (QED) is 0.298. The number of amides is 1. The predicted octanol–water partition coefficient (Wildman–Crippen LogP) is 5.20. The molecule has 1 fully saturated rings. The van der Waals surface area contributed by atoms with Gasteiger partial charge in [0.05, 0.1) is 11.0 Å². The van der Waals surface area contributed by atoms with Crippen LogP contribution in [0.2, 0.25) is 0 Å². The van der Waals surface area contributed by atoms with E-state index < -0.39 is 20.9 Å². The lowest BCUT2D eigenvalue weighted by molar-refractivity contribution is -0.384. The topological polar surface area (TPSA) is 72.5 Å². The van der Waals surface area contributed by atoms with E-state index in [2.05, 4.69) is 0 Å². The van der Waals surface area contributed by atoms with E-state index in [1.54, 1.807) is 42.5 Å². The van der Waals surface area contributed by atoms with Crippen LogP contribution in [0.25, 0.3) is 0 Å². The molecule has 1 unspecified atom stereocenters. The van der Waals surface area contributed by atoms with E-state index in [1.165, 1.54) is 17.0 Å². The summed E-state index contributed by atoms with van der Waals surface area (Å²) in [6.45, 7) is 0.429. The van der Waals surface area contributed by atoms with E-state index in [9.17, 15) is 14.9 Å². The number of nitro benzene ring substituents is 1. The first-order valence-electron chi connectivity index (χ1n) is 7.60. The Morgan fingerprint density at radius 1 is 1.15 bits per heavy atom. The fraction of sp³-hybridized carbons (Fsp3) is 0.235. The second-order valence-electron chi connectivity index (χ2n) is 5.73. The normalized spacial score (nSPS) is 17.5. The fourth-order valence-corrected chi connectivity index (χ4v) is 3.08. The Kier molecular flexibility index (Phi) is 5.27. The molecule has 6 nitrogen and oxygen atoms in total. The number of nitro groups is 1. The average molecular weight is 416 g/mol. The largest absolute Gasteiger partial charge is 0.437 e. The maximum Gasteiger partial charge on any atom is 0.411 e. The van der Waals surface area contributed by atoms with Gasteiger partial charge < -0.3 is 4.74 Å². The van der Waals surface area contributed by atoms with Crippen LogP contribution < -0.4 is 0 Å². The molecule has 0 radical (unpaired) electrons. The Morgan fingerprint density at radius 2 is 1.77 bits per heavy atom. The molecule has 2 atom stereocenters. The number of hydrogen-bond acceptors (Lipinski definition) is 4. The molecular weight excluding hydrogens is 403 g/mol. The second kappa shape index (κ2) is 7.31. The smallest absolute Gasteiger partial charge is 0.411 e. The minimum Gasteiger partial charge on any atom is -0.437 e. The van der Waals surface area contributed by atoms with Gasteiger partial charge in [0.1, 0.15) is 0 Å². The molecule has 9 heteroatoms. The maximum atomic E-state index is 12.4. The minimum atomic E-state index is -1.82. The lowest BCUT2D eigenvalue weighted by Gasteiger charge is -2.25. The van der Waals surface area contributed by atoms with Gasteiger partial charge in [0.15, 0.2) is 6.10 Å². The van der Waals surface area contributed by atoms with Crippen molar-refractivity contribution in [2.75, 3.05) is 6.54 Å². The summed E-state index contributed by atoms with van der Waals surface area (Å²) >= 11 is 17.9. The molecular formula is C17H13Cl3N2O4. The number of rotatable bonds is 4. The number of ether oxygens (including phenoxy) is 1. The van der Waals surface area contributed by atoms with Crippen molar-refractivity contribution in [3.63, 3.8) is 0 Å². The molecule has 1 heterocycles. The number of hydrogen-bond donors (Lipinski definition) is 0. The highest BCUT2D eigenvalue weighted by atomic mass is 35.6. The molecule has 0 aromatic heterocycles. The number of halogens is 3. The molecule has 3 rings (SSSR count). The molecule has 26 heavy (non-hydrogen) atoms. The van der Waals surface area contributed by atoms with Gasteiger partial charge in [0.25, 0.3) is 5.69 Å². The van der Waals surface area contributed by atoms with Gasteiger partial charge in [-0.2, -0.15) is 0 Å². The maximum absolute atomic E-state index is 12.4. The van der Waals surface area contributed by atoms with E-state index in [0.29, 0.717) is 12.1 Å². The van der Waals surface area contributed by atoms with Gasteiger partial charge in [-0.3, -0.25) is 15.0 Å². The SMILES string of the molecule is O=C(O[C@H](c1ccccc1)C(Cl)(Cl)Cl)N1CC1c1ccc([N+](=O)[O-])cc1. The second-order valence-corrected chi connectivity index (χ2v) is 8.10. The third kappa shape index (κ3) is 4.20. The highest BCUT2D eigenvalue weighted by molar-refractivity contribution is 6.68. The van der Waals surface area contributed by atoms with Crippen molar-refractivity contribution in [1.82, 2.24) is 4.90 Å². The van der Waals surface area contributed by atoms with Crippen LogP contribution >= 0.6 is 34.8 Å². The molecule has 0 aliphatic carbocycles. The van der Waals surface area contributed by atoms with E-state index in [4.69, 9.17) is 39.5 Å². The zero-order valence-corrected chi connectivity index (χ0v) is 15.5.